The number of aromatic nitrogens is 3. The standard InChI is InChI=1S/C18H21N3O3/c1-4-15-8-23-18(24-15,9-21-11-19-10-20-21)17-16-13(3)5-12(2)6-14(16)7-22-17/h5-7,10-11,15H,4,8-9H2,1-3H3. The molecule has 0 saturated carbocycles. The summed E-state index contributed by atoms with van der Waals surface area (Å²) in [7, 11) is 0. The van der Waals surface area contributed by atoms with Gasteiger partial charge in [-0.2, -0.15) is 5.10 Å². The van der Waals surface area contributed by atoms with Crippen LogP contribution in [-0.4, -0.2) is 27.5 Å². The minimum atomic E-state index is -0.976. The van der Waals surface area contributed by atoms with Crippen LogP contribution in [-0.2, 0) is 21.8 Å². The van der Waals surface area contributed by atoms with Gasteiger partial charge < -0.3 is 13.9 Å². The Morgan fingerprint density at radius 3 is 2.92 bits per heavy atom. The number of furan rings is 1. The van der Waals surface area contributed by atoms with Crippen LogP contribution in [0.3, 0.4) is 0 Å². The van der Waals surface area contributed by atoms with Crippen molar-refractivity contribution in [3.05, 3.63) is 47.9 Å². The fourth-order valence-electron chi connectivity index (χ4n) is 3.43. The third kappa shape index (κ3) is 2.42. The summed E-state index contributed by atoms with van der Waals surface area (Å²) >= 11 is 0. The molecule has 3 aromatic rings. The lowest BCUT2D eigenvalue weighted by molar-refractivity contribution is -0.199. The maximum Gasteiger partial charge on any atom is 0.249 e. The predicted molar refractivity (Wildman–Crippen MR) is 88.5 cm³/mol. The minimum absolute atomic E-state index is 0.0411. The zero-order chi connectivity index (χ0) is 16.7. The Labute approximate surface area is 140 Å². The Morgan fingerprint density at radius 1 is 1.33 bits per heavy atom. The molecular formula is C18H21N3O3. The van der Waals surface area contributed by atoms with Crippen LogP contribution in [0.2, 0.25) is 0 Å². The van der Waals surface area contributed by atoms with Crippen molar-refractivity contribution in [3.63, 3.8) is 0 Å². The minimum Gasteiger partial charge on any atom is -0.462 e. The van der Waals surface area contributed by atoms with Gasteiger partial charge in [-0.15, -0.1) is 0 Å². The fraction of sp³-hybridized carbons (Fsp3) is 0.444. The predicted octanol–water partition coefficient (Wildman–Crippen LogP) is 3.32. The Kier molecular flexibility index (Phi) is 3.66. The lowest BCUT2D eigenvalue weighted by Gasteiger charge is -2.26. The van der Waals surface area contributed by atoms with Crippen LogP contribution in [0.15, 0.2) is 35.5 Å². The Morgan fingerprint density at radius 2 is 2.21 bits per heavy atom. The molecule has 2 atom stereocenters. The van der Waals surface area contributed by atoms with E-state index in [1.54, 1.807) is 17.3 Å². The second-order valence-electron chi connectivity index (χ2n) is 6.42. The monoisotopic (exact) mass is 327 g/mol. The van der Waals surface area contributed by atoms with Gasteiger partial charge in [0, 0.05) is 10.8 Å². The molecule has 4 rings (SSSR count). The highest BCUT2D eigenvalue weighted by molar-refractivity contribution is 5.88. The van der Waals surface area contributed by atoms with E-state index in [1.165, 1.54) is 11.9 Å². The normalized spacial score (nSPS) is 24.0. The van der Waals surface area contributed by atoms with E-state index in [9.17, 15) is 0 Å². The average molecular weight is 327 g/mol. The van der Waals surface area contributed by atoms with Crippen LogP contribution in [0, 0.1) is 13.8 Å². The van der Waals surface area contributed by atoms with Gasteiger partial charge in [-0.3, -0.25) is 0 Å². The second-order valence-corrected chi connectivity index (χ2v) is 6.42. The Hall–Kier alpha value is -2.18. The molecule has 0 N–H and O–H groups in total. The maximum absolute atomic E-state index is 6.30. The summed E-state index contributed by atoms with van der Waals surface area (Å²) in [4.78, 5) is 4.02. The van der Waals surface area contributed by atoms with Gasteiger partial charge in [0.1, 0.15) is 19.2 Å². The summed E-state index contributed by atoms with van der Waals surface area (Å²) in [6.07, 6.45) is 5.87. The van der Waals surface area contributed by atoms with Gasteiger partial charge in [0.25, 0.3) is 0 Å². The van der Waals surface area contributed by atoms with Crippen molar-refractivity contribution in [1.29, 1.82) is 0 Å². The molecule has 0 bridgehead atoms. The summed E-state index contributed by atoms with van der Waals surface area (Å²) in [6, 6.07) is 4.27. The summed E-state index contributed by atoms with van der Waals surface area (Å²) in [5.41, 5.74) is 2.36. The van der Waals surface area contributed by atoms with Gasteiger partial charge in [-0.1, -0.05) is 18.6 Å². The number of rotatable bonds is 4. The quantitative estimate of drug-likeness (QED) is 0.735. The van der Waals surface area contributed by atoms with Gasteiger partial charge in [0.05, 0.1) is 19.0 Å². The molecule has 0 spiro atoms. The third-order valence-corrected chi connectivity index (χ3v) is 4.54. The Bertz CT molecular complexity index is 856. The molecule has 1 aliphatic heterocycles. The third-order valence-electron chi connectivity index (χ3n) is 4.54. The average Bonchev–Trinajstić information content (AvgIpc) is 3.26. The van der Waals surface area contributed by atoms with Crippen LogP contribution >= 0.6 is 0 Å². The highest BCUT2D eigenvalue weighted by Crippen LogP contribution is 2.42. The molecular weight excluding hydrogens is 306 g/mol. The van der Waals surface area contributed by atoms with E-state index in [2.05, 4.69) is 43.0 Å². The fourth-order valence-corrected chi connectivity index (χ4v) is 3.43. The van der Waals surface area contributed by atoms with E-state index in [0.29, 0.717) is 18.9 Å². The van der Waals surface area contributed by atoms with Crippen molar-refractivity contribution in [1.82, 2.24) is 14.8 Å². The van der Waals surface area contributed by atoms with Gasteiger partial charge in [-0.05, 0) is 31.9 Å². The number of fused-ring (bicyclic) bond motifs is 1. The maximum atomic E-state index is 6.30. The number of benzene rings is 1. The van der Waals surface area contributed by atoms with Gasteiger partial charge in [0.15, 0.2) is 5.76 Å². The first-order chi connectivity index (χ1) is 11.6. The number of nitrogens with zero attached hydrogens (tertiary/aromatic N) is 3. The van der Waals surface area contributed by atoms with Crippen LogP contribution in [0.1, 0.15) is 30.2 Å². The summed E-state index contributed by atoms with van der Waals surface area (Å²) in [5, 5.41) is 6.32. The molecule has 1 aromatic carbocycles. The van der Waals surface area contributed by atoms with Crippen molar-refractivity contribution >= 4 is 10.8 Å². The summed E-state index contributed by atoms with van der Waals surface area (Å²) < 4.78 is 20.1. The van der Waals surface area contributed by atoms with Crippen LogP contribution in [0.25, 0.3) is 10.8 Å². The lowest BCUT2D eigenvalue weighted by atomic mass is 10.0. The van der Waals surface area contributed by atoms with E-state index in [1.807, 2.05) is 0 Å². The molecule has 1 fully saturated rings. The highest BCUT2D eigenvalue weighted by atomic mass is 16.8. The summed E-state index contributed by atoms with van der Waals surface area (Å²) in [6.45, 7) is 7.20. The first kappa shape index (κ1) is 15.4. The smallest absolute Gasteiger partial charge is 0.249 e. The number of hydrogen-bond donors (Lipinski definition) is 0. The first-order valence-corrected chi connectivity index (χ1v) is 8.24. The Balaban J connectivity index is 1.85. The number of aryl methyl sites for hydroxylation is 2. The van der Waals surface area contributed by atoms with E-state index in [-0.39, 0.29) is 6.10 Å². The largest absolute Gasteiger partial charge is 0.462 e. The molecule has 24 heavy (non-hydrogen) atoms. The van der Waals surface area contributed by atoms with E-state index >= 15 is 0 Å². The van der Waals surface area contributed by atoms with Crippen LogP contribution in [0.5, 0.6) is 0 Å². The van der Waals surface area contributed by atoms with Gasteiger partial charge in [-0.25, -0.2) is 9.67 Å². The summed E-state index contributed by atoms with van der Waals surface area (Å²) in [5.74, 6) is -0.266. The topological polar surface area (TPSA) is 62.3 Å². The molecule has 1 aliphatic rings. The molecule has 1 saturated heterocycles. The molecule has 6 heteroatoms. The lowest BCUT2D eigenvalue weighted by Crippen LogP contribution is -2.33. The number of hydrogen-bond acceptors (Lipinski definition) is 5. The molecule has 126 valence electrons. The zero-order valence-corrected chi connectivity index (χ0v) is 14.2. The zero-order valence-electron chi connectivity index (χ0n) is 14.2. The van der Waals surface area contributed by atoms with Gasteiger partial charge >= 0.3 is 0 Å². The van der Waals surface area contributed by atoms with Crippen LogP contribution in [0.4, 0.5) is 0 Å². The molecule has 2 aromatic heterocycles. The SMILES string of the molecule is CCC1COC(Cn2cncn2)(c2occ3cc(C)cc(C)c23)O1. The molecule has 6 nitrogen and oxygen atoms in total. The first-order valence-electron chi connectivity index (χ1n) is 8.24. The molecule has 0 aliphatic carbocycles. The van der Waals surface area contributed by atoms with E-state index < -0.39 is 5.79 Å². The van der Waals surface area contributed by atoms with E-state index in [4.69, 9.17) is 13.9 Å². The van der Waals surface area contributed by atoms with Crippen molar-refractivity contribution in [2.24, 2.45) is 0 Å². The molecule has 0 radical (unpaired) electrons. The van der Waals surface area contributed by atoms with Gasteiger partial charge in [0.2, 0.25) is 5.79 Å². The van der Waals surface area contributed by atoms with Crippen molar-refractivity contribution in [2.75, 3.05) is 6.61 Å². The molecule has 0 amide bonds. The van der Waals surface area contributed by atoms with E-state index in [0.717, 1.165) is 22.8 Å². The number of ether oxygens (including phenoxy) is 2. The molecule has 3 heterocycles. The van der Waals surface area contributed by atoms with Crippen LogP contribution < -0.4 is 0 Å². The van der Waals surface area contributed by atoms with Crippen molar-refractivity contribution in [2.45, 2.75) is 45.6 Å². The molecule has 2 unspecified atom stereocenters. The van der Waals surface area contributed by atoms with Crippen molar-refractivity contribution in [3.8, 4) is 0 Å². The second kappa shape index (κ2) is 5.72. The highest BCUT2D eigenvalue weighted by Gasteiger charge is 2.47. The van der Waals surface area contributed by atoms with Crippen molar-refractivity contribution < 1.29 is 13.9 Å².